The van der Waals surface area contributed by atoms with Crippen LogP contribution in [-0.2, 0) is 11.3 Å². The largest absolute Gasteiger partial charge is 0.376 e. The van der Waals surface area contributed by atoms with Gasteiger partial charge >= 0.3 is 0 Å². The van der Waals surface area contributed by atoms with Crippen molar-refractivity contribution in [2.24, 2.45) is 0 Å². The average molecular weight is 364 g/mol. The summed E-state index contributed by atoms with van der Waals surface area (Å²) < 4.78 is 7.79. The minimum Gasteiger partial charge on any atom is -0.376 e. The lowest BCUT2D eigenvalue weighted by molar-refractivity contribution is 0.0135. The molecular weight excluding hydrogens is 338 g/mol. The van der Waals surface area contributed by atoms with E-state index in [0.29, 0.717) is 6.10 Å². The average Bonchev–Trinajstić information content (AvgIpc) is 3.03. The normalized spacial score (nSPS) is 23.3. The maximum atomic E-state index is 6.04. The number of ether oxygens (including phenoxy) is 1. The number of pyridine rings is 1. The van der Waals surface area contributed by atoms with E-state index in [1.807, 2.05) is 22.7 Å². The summed E-state index contributed by atoms with van der Waals surface area (Å²) in [6, 6.07) is 3.85. The fraction of sp³-hybridized carbons (Fsp3) is 0.611. The van der Waals surface area contributed by atoms with Crippen molar-refractivity contribution in [2.45, 2.75) is 19.1 Å². The third kappa shape index (κ3) is 4.51. The zero-order valence-corrected chi connectivity index (χ0v) is 15.3. The number of morpholine rings is 1. The number of piperazine rings is 1. The van der Waals surface area contributed by atoms with Gasteiger partial charge in [-0.25, -0.2) is 4.98 Å². The van der Waals surface area contributed by atoms with Crippen LogP contribution in [0.1, 0.15) is 12.1 Å². The van der Waals surface area contributed by atoms with Gasteiger partial charge in [-0.2, -0.15) is 0 Å². The third-order valence-corrected chi connectivity index (χ3v) is 5.31. The third-order valence-electron chi connectivity index (χ3n) is 5.09. The number of imidazole rings is 1. The summed E-state index contributed by atoms with van der Waals surface area (Å²) >= 11 is 6.04. The topological polar surface area (TPSA) is 45.0 Å². The van der Waals surface area contributed by atoms with Crippen LogP contribution in [0.25, 0.3) is 5.65 Å². The van der Waals surface area contributed by atoms with E-state index in [1.54, 1.807) is 0 Å². The highest BCUT2D eigenvalue weighted by molar-refractivity contribution is 6.30. The van der Waals surface area contributed by atoms with Crippen molar-refractivity contribution >= 4 is 17.2 Å². The van der Waals surface area contributed by atoms with Gasteiger partial charge in [-0.15, -0.1) is 0 Å². The first kappa shape index (κ1) is 17.2. The van der Waals surface area contributed by atoms with E-state index in [1.165, 1.54) is 0 Å². The van der Waals surface area contributed by atoms with Crippen molar-refractivity contribution in [1.82, 2.24) is 24.5 Å². The summed E-state index contributed by atoms with van der Waals surface area (Å²) in [6.07, 6.45) is 5.51. The molecule has 2 aliphatic heterocycles. The van der Waals surface area contributed by atoms with Gasteiger partial charge in [-0.3, -0.25) is 4.90 Å². The van der Waals surface area contributed by atoms with Gasteiger partial charge in [0.15, 0.2) is 0 Å². The quantitative estimate of drug-likeness (QED) is 0.872. The molecule has 4 rings (SSSR count). The van der Waals surface area contributed by atoms with Crippen LogP contribution in [0.4, 0.5) is 0 Å². The highest BCUT2D eigenvalue weighted by atomic mass is 35.5. The molecule has 1 unspecified atom stereocenters. The fourth-order valence-corrected chi connectivity index (χ4v) is 3.79. The van der Waals surface area contributed by atoms with Crippen LogP contribution in [0.5, 0.6) is 0 Å². The van der Waals surface area contributed by atoms with Crippen molar-refractivity contribution in [3.05, 3.63) is 35.2 Å². The van der Waals surface area contributed by atoms with Gasteiger partial charge in [0.05, 0.1) is 23.4 Å². The molecule has 0 aromatic carbocycles. The lowest BCUT2D eigenvalue weighted by Crippen LogP contribution is -2.47. The Hall–Kier alpha value is -1.18. The molecule has 2 aromatic heterocycles. The molecule has 0 bridgehead atoms. The second kappa shape index (κ2) is 8.01. The lowest BCUT2D eigenvalue weighted by atomic mass is 10.2. The summed E-state index contributed by atoms with van der Waals surface area (Å²) in [5.41, 5.74) is 2.07. The minimum absolute atomic E-state index is 0.386. The summed E-state index contributed by atoms with van der Waals surface area (Å²) in [4.78, 5) is 9.73. The van der Waals surface area contributed by atoms with E-state index >= 15 is 0 Å². The van der Waals surface area contributed by atoms with Gasteiger partial charge in [-0.1, -0.05) is 11.6 Å². The van der Waals surface area contributed by atoms with Crippen LogP contribution in [0.3, 0.4) is 0 Å². The Labute approximate surface area is 153 Å². The molecule has 1 atom stereocenters. The van der Waals surface area contributed by atoms with E-state index in [9.17, 15) is 0 Å². The van der Waals surface area contributed by atoms with Gasteiger partial charge in [-0.05, 0) is 18.6 Å². The Balaban J connectivity index is 1.24. The van der Waals surface area contributed by atoms with Crippen molar-refractivity contribution in [3.8, 4) is 0 Å². The molecule has 1 N–H and O–H groups in total. The zero-order chi connectivity index (χ0) is 17.1. The van der Waals surface area contributed by atoms with E-state index in [4.69, 9.17) is 21.3 Å². The second-order valence-corrected chi connectivity index (χ2v) is 7.38. The molecule has 6 nitrogen and oxygen atoms in total. The van der Waals surface area contributed by atoms with E-state index < -0.39 is 0 Å². The lowest BCUT2D eigenvalue weighted by Gasteiger charge is -2.35. The molecule has 2 aliphatic rings. The van der Waals surface area contributed by atoms with Crippen LogP contribution in [0.15, 0.2) is 24.5 Å². The number of fused-ring (bicyclic) bond motifs is 1. The van der Waals surface area contributed by atoms with Crippen molar-refractivity contribution in [2.75, 3.05) is 52.4 Å². The molecule has 2 saturated heterocycles. The molecule has 4 heterocycles. The van der Waals surface area contributed by atoms with Crippen LogP contribution in [0.2, 0.25) is 5.02 Å². The molecule has 0 radical (unpaired) electrons. The van der Waals surface area contributed by atoms with Gasteiger partial charge in [0.1, 0.15) is 5.65 Å². The van der Waals surface area contributed by atoms with Crippen LogP contribution in [-0.4, -0.2) is 77.7 Å². The fourth-order valence-electron chi connectivity index (χ4n) is 3.63. The van der Waals surface area contributed by atoms with Crippen LogP contribution < -0.4 is 5.32 Å². The number of rotatable bonds is 5. The summed E-state index contributed by atoms with van der Waals surface area (Å²) in [6.45, 7) is 9.32. The first-order chi connectivity index (χ1) is 12.3. The number of hydrogen-bond acceptors (Lipinski definition) is 5. The molecule has 0 aliphatic carbocycles. The van der Waals surface area contributed by atoms with E-state index in [2.05, 4.69) is 21.3 Å². The smallest absolute Gasteiger partial charge is 0.137 e. The minimum atomic E-state index is 0.386. The zero-order valence-electron chi connectivity index (χ0n) is 14.5. The van der Waals surface area contributed by atoms with E-state index in [-0.39, 0.29) is 0 Å². The maximum Gasteiger partial charge on any atom is 0.137 e. The summed E-state index contributed by atoms with van der Waals surface area (Å²) in [7, 11) is 0. The standard InChI is InChI=1S/C18H26ClN5O/c19-15-1-2-18-21-16(14-24(18)12-15)13-23-8-6-22(7-9-23)5-3-17-11-20-4-10-25-17/h1-2,12,14,17,20H,3-11,13H2. The predicted molar refractivity (Wildman–Crippen MR) is 99.1 cm³/mol. The number of hydrogen-bond donors (Lipinski definition) is 1. The van der Waals surface area contributed by atoms with Crippen molar-refractivity contribution in [3.63, 3.8) is 0 Å². The molecular formula is C18H26ClN5O. The van der Waals surface area contributed by atoms with Gasteiger partial charge in [0.25, 0.3) is 0 Å². The van der Waals surface area contributed by atoms with E-state index in [0.717, 1.165) is 81.7 Å². The Morgan fingerprint density at radius 2 is 2.00 bits per heavy atom. The molecule has 25 heavy (non-hydrogen) atoms. The van der Waals surface area contributed by atoms with Gasteiger partial charge < -0.3 is 19.4 Å². The Morgan fingerprint density at radius 1 is 1.16 bits per heavy atom. The van der Waals surface area contributed by atoms with Crippen LogP contribution in [0, 0.1) is 0 Å². The SMILES string of the molecule is Clc1ccc2nc(CN3CCN(CCC4CNCCO4)CC3)cn2c1. The number of halogens is 1. The monoisotopic (exact) mass is 363 g/mol. The number of aromatic nitrogens is 2. The second-order valence-electron chi connectivity index (χ2n) is 6.95. The molecule has 0 saturated carbocycles. The first-order valence-electron chi connectivity index (χ1n) is 9.16. The summed E-state index contributed by atoms with van der Waals surface area (Å²) in [5, 5.41) is 4.14. The predicted octanol–water partition coefficient (Wildman–Crippen LogP) is 1.48. The molecule has 0 spiro atoms. The Morgan fingerprint density at radius 3 is 2.80 bits per heavy atom. The Bertz CT molecular complexity index is 692. The highest BCUT2D eigenvalue weighted by Crippen LogP contribution is 2.14. The van der Waals surface area contributed by atoms with Gasteiger partial charge in [0.2, 0.25) is 0 Å². The van der Waals surface area contributed by atoms with Crippen molar-refractivity contribution in [1.29, 1.82) is 0 Å². The number of nitrogens with zero attached hydrogens (tertiary/aromatic N) is 4. The molecule has 7 heteroatoms. The summed E-state index contributed by atoms with van der Waals surface area (Å²) in [5.74, 6) is 0. The van der Waals surface area contributed by atoms with Gasteiger partial charge in [0, 0.05) is 64.8 Å². The molecule has 2 aromatic rings. The first-order valence-corrected chi connectivity index (χ1v) is 9.54. The number of nitrogens with one attached hydrogen (secondary N) is 1. The molecule has 2 fully saturated rings. The maximum absolute atomic E-state index is 6.04. The van der Waals surface area contributed by atoms with Crippen molar-refractivity contribution < 1.29 is 4.74 Å². The molecule has 136 valence electrons. The molecule has 0 amide bonds. The van der Waals surface area contributed by atoms with Crippen LogP contribution >= 0.6 is 11.6 Å². The highest BCUT2D eigenvalue weighted by Gasteiger charge is 2.20. The Kier molecular flexibility index (Phi) is 5.53.